The van der Waals surface area contributed by atoms with Gasteiger partial charge < -0.3 is 0 Å². The van der Waals surface area contributed by atoms with E-state index in [4.69, 9.17) is 0 Å². The second kappa shape index (κ2) is 12.5. The van der Waals surface area contributed by atoms with Crippen molar-refractivity contribution in [1.29, 1.82) is 0 Å². The maximum absolute atomic E-state index is 2.90. The number of benzene rings is 1. The van der Waals surface area contributed by atoms with Crippen molar-refractivity contribution in [3.8, 4) is 0 Å². The van der Waals surface area contributed by atoms with Gasteiger partial charge in [-0.05, 0) is 41.2 Å². The summed E-state index contributed by atoms with van der Waals surface area (Å²) in [6.45, 7) is 53.1. The van der Waals surface area contributed by atoms with E-state index in [-0.39, 0.29) is 0 Å². The van der Waals surface area contributed by atoms with E-state index in [9.17, 15) is 0 Å². The average Bonchev–Trinajstić information content (AvgIpc) is 2.63. The summed E-state index contributed by atoms with van der Waals surface area (Å²) in [5.74, 6) is 1.82. The van der Waals surface area contributed by atoms with E-state index >= 15 is 0 Å². The van der Waals surface area contributed by atoms with Gasteiger partial charge in [-0.15, -0.1) is 0 Å². The number of hydrogen-bond acceptors (Lipinski definition) is 1. The molecular formula is C33H69BSSi6. The standard InChI is InChI=1S/C33H69BSSi6/c1-25-23-34(35-24-26(25)2)30-28(32(38(9,10)11)39(12,13)14)21-27(31(36(3,4)5)37(6,7)8)22-29(30)33(40(15,16)17)41(18,19)20/h21-22,31-33H,23-24H2,1-20H3. The summed E-state index contributed by atoms with van der Waals surface area (Å²) >= 11 is 2.28. The molecule has 0 aromatic heterocycles. The zero-order valence-electron chi connectivity index (χ0n) is 31.3. The molecule has 1 aromatic carbocycles. The highest BCUT2D eigenvalue weighted by Crippen LogP contribution is 2.45. The van der Waals surface area contributed by atoms with Crippen LogP contribution >= 0.6 is 11.6 Å². The fraction of sp³-hybridized carbons (Fsp3) is 0.758. The molecule has 8 heteroatoms. The molecule has 0 aliphatic carbocycles. The van der Waals surface area contributed by atoms with Gasteiger partial charge in [-0.2, -0.15) is 11.6 Å². The minimum absolute atomic E-state index is 0.611. The first-order valence-electron chi connectivity index (χ1n) is 16.4. The lowest BCUT2D eigenvalue weighted by Gasteiger charge is -2.47. The quantitative estimate of drug-likeness (QED) is 0.176. The van der Waals surface area contributed by atoms with Crippen LogP contribution in [0.3, 0.4) is 0 Å². The molecule has 0 fully saturated rings. The van der Waals surface area contributed by atoms with Crippen molar-refractivity contribution in [2.45, 2.75) is 154 Å². The Kier molecular flexibility index (Phi) is 11.5. The highest BCUT2D eigenvalue weighted by Gasteiger charge is 2.47. The third kappa shape index (κ3) is 9.12. The smallest absolute Gasteiger partial charge is 0.199 e. The normalized spacial score (nSPS) is 17.0. The molecule has 1 aliphatic rings. The van der Waals surface area contributed by atoms with Crippen LogP contribution in [0.1, 0.15) is 46.0 Å². The van der Waals surface area contributed by atoms with Gasteiger partial charge in [0.05, 0.1) is 0 Å². The fourth-order valence-electron chi connectivity index (χ4n) is 9.55. The monoisotopic (exact) mass is 676 g/mol. The van der Waals surface area contributed by atoms with Gasteiger partial charge in [-0.3, -0.25) is 0 Å². The van der Waals surface area contributed by atoms with E-state index in [1.165, 1.54) is 12.1 Å². The molecule has 0 unspecified atom stereocenters. The van der Waals surface area contributed by atoms with Gasteiger partial charge >= 0.3 is 0 Å². The Morgan fingerprint density at radius 3 is 1.10 bits per heavy atom. The average molecular weight is 677 g/mol. The van der Waals surface area contributed by atoms with Crippen molar-refractivity contribution in [3.63, 3.8) is 0 Å². The maximum atomic E-state index is 2.90. The summed E-state index contributed by atoms with van der Waals surface area (Å²) in [5.41, 5.74) is 10.6. The lowest BCUT2D eigenvalue weighted by molar-refractivity contribution is 1.09. The molecule has 0 spiro atoms. The maximum Gasteiger partial charge on any atom is 0.246 e. The van der Waals surface area contributed by atoms with Gasteiger partial charge in [0, 0.05) is 54.2 Å². The second-order valence-corrected chi connectivity index (χ2v) is 55.0. The third-order valence-corrected chi connectivity index (χ3v) is 38.8. The highest BCUT2D eigenvalue weighted by atomic mass is 32.2. The minimum atomic E-state index is -1.50. The number of hydrogen-bond donors (Lipinski definition) is 0. The van der Waals surface area contributed by atoms with Crippen LogP contribution in [0.4, 0.5) is 0 Å². The molecule has 0 amide bonds. The second-order valence-electron chi connectivity index (χ2n) is 20.2. The van der Waals surface area contributed by atoms with Crippen LogP contribution in [-0.2, 0) is 0 Å². The van der Waals surface area contributed by atoms with Crippen molar-refractivity contribution in [2.24, 2.45) is 0 Å². The number of allylic oxidation sites excluding steroid dienone is 1. The van der Waals surface area contributed by atoms with Crippen LogP contribution in [0.25, 0.3) is 0 Å². The molecule has 234 valence electrons. The molecule has 0 radical (unpaired) electrons. The van der Waals surface area contributed by atoms with E-state index in [2.05, 4.69) is 155 Å². The molecule has 0 bridgehead atoms. The van der Waals surface area contributed by atoms with E-state index < -0.39 is 48.4 Å². The molecule has 0 atom stereocenters. The molecule has 2 rings (SSSR count). The highest BCUT2D eigenvalue weighted by molar-refractivity contribution is 8.27. The van der Waals surface area contributed by atoms with Crippen LogP contribution in [0.15, 0.2) is 23.3 Å². The fourth-order valence-corrected chi connectivity index (χ4v) is 49.2. The first-order chi connectivity index (χ1) is 18.0. The summed E-state index contributed by atoms with van der Waals surface area (Å²) in [6.07, 6.45) is 1.25. The van der Waals surface area contributed by atoms with Crippen LogP contribution in [0.2, 0.25) is 124 Å². The molecule has 0 saturated heterocycles. The van der Waals surface area contributed by atoms with Gasteiger partial charge in [-0.1, -0.05) is 158 Å². The van der Waals surface area contributed by atoms with Crippen molar-refractivity contribution in [2.75, 3.05) is 5.75 Å². The van der Waals surface area contributed by atoms with Gasteiger partial charge in [0.1, 0.15) is 0 Å². The van der Waals surface area contributed by atoms with Crippen LogP contribution in [0.5, 0.6) is 0 Å². The van der Waals surface area contributed by atoms with Crippen LogP contribution in [0, 0.1) is 0 Å². The molecule has 0 N–H and O–H groups in total. The summed E-state index contributed by atoms with van der Waals surface area (Å²) in [5, 5.41) is 2.35. The molecule has 1 aliphatic heterocycles. The lowest BCUT2D eigenvalue weighted by Crippen LogP contribution is -2.54. The first-order valence-corrected chi connectivity index (χ1v) is 38.9. The van der Waals surface area contributed by atoms with Gasteiger partial charge in [0.15, 0.2) is 0 Å². The topological polar surface area (TPSA) is 0 Å². The zero-order chi connectivity index (χ0) is 32.3. The number of rotatable bonds is 10. The van der Waals surface area contributed by atoms with E-state index in [1.54, 1.807) is 16.7 Å². The van der Waals surface area contributed by atoms with Crippen molar-refractivity contribution < 1.29 is 0 Å². The molecule has 41 heavy (non-hydrogen) atoms. The predicted molar refractivity (Wildman–Crippen MR) is 216 cm³/mol. The lowest BCUT2D eigenvalue weighted by atomic mass is 9.59. The summed E-state index contributed by atoms with van der Waals surface area (Å²) < 4.78 is 0. The Bertz CT molecular complexity index is 1020. The van der Waals surface area contributed by atoms with Crippen LogP contribution < -0.4 is 5.46 Å². The van der Waals surface area contributed by atoms with Crippen molar-refractivity contribution in [3.05, 3.63) is 40.0 Å². The minimum Gasteiger partial charge on any atom is -0.199 e. The predicted octanol–water partition coefficient (Wildman–Crippen LogP) is 11.5. The molecule has 0 nitrogen and oxygen atoms in total. The van der Waals surface area contributed by atoms with E-state index in [0.717, 1.165) is 15.5 Å². The van der Waals surface area contributed by atoms with E-state index in [0.29, 0.717) is 5.99 Å². The van der Waals surface area contributed by atoms with Gasteiger partial charge in [0.25, 0.3) is 0 Å². The first kappa shape index (κ1) is 37.9. The molecule has 0 saturated carbocycles. The zero-order valence-corrected chi connectivity index (χ0v) is 38.1. The molecular weight excluding hydrogens is 608 g/mol. The van der Waals surface area contributed by atoms with Gasteiger partial charge in [0.2, 0.25) is 5.99 Å². The van der Waals surface area contributed by atoms with Crippen LogP contribution in [-0.4, -0.2) is 60.2 Å². The SMILES string of the molecule is CC1=C(C)CB(c2c(C([Si](C)(C)C)[Si](C)(C)C)cc(C([Si](C)(C)C)[Si](C)(C)C)cc2C([Si](C)(C)C)[Si](C)(C)C)SC1. The Labute approximate surface area is 269 Å². The Balaban J connectivity index is 3.30. The summed E-state index contributed by atoms with van der Waals surface area (Å²) in [7, 11) is -8.89. The van der Waals surface area contributed by atoms with Crippen molar-refractivity contribution >= 4 is 71.5 Å². The Morgan fingerprint density at radius 1 is 0.512 bits per heavy atom. The van der Waals surface area contributed by atoms with Crippen molar-refractivity contribution in [1.82, 2.24) is 0 Å². The summed E-state index contributed by atoms with van der Waals surface area (Å²) in [4.78, 5) is 0. The largest absolute Gasteiger partial charge is 0.246 e. The summed E-state index contributed by atoms with van der Waals surface area (Å²) in [6, 6.07) is 5.79. The van der Waals surface area contributed by atoms with E-state index in [1.807, 2.05) is 16.6 Å². The molecule has 1 aromatic rings. The Hall–Kier alpha value is 0.676. The molecule has 1 heterocycles. The third-order valence-electron chi connectivity index (χ3n) is 9.46. The van der Waals surface area contributed by atoms with Gasteiger partial charge in [-0.25, -0.2) is 0 Å². The Morgan fingerprint density at radius 2 is 0.829 bits per heavy atom.